The smallest absolute Gasteiger partial charge is 0.160 e. The monoisotopic (exact) mass is 218 g/mol. The number of Topliss-reactive ketones (excluding diaryl/α,β-unsaturated/α-hetero) is 1. The van der Waals surface area contributed by atoms with Gasteiger partial charge in [-0.25, -0.2) is 0 Å². The molecule has 0 bridgehead atoms. The van der Waals surface area contributed by atoms with Crippen LogP contribution in [0, 0.1) is 0 Å². The first-order valence-electron chi connectivity index (χ1n) is 5.83. The first-order valence-corrected chi connectivity index (χ1v) is 5.83. The summed E-state index contributed by atoms with van der Waals surface area (Å²) in [6.45, 7) is 3.98. The molecule has 0 radical (unpaired) electrons. The number of carbonyl (C=O) groups is 1. The Labute approximate surface area is 96.5 Å². The highest BCUT2D eigenvalue weighted by molar-refractivity contribution is 5.82. The van der Waals surface area contributed by atoms with Crippen molar-refractivity contribution in [2.75, 3.05) is 32.7 Å². The molecule has 0 aliphatic carbocycles. The van der Waals surface area contributed by atoms with E-state index < -0.39 is 0 Å². The first-order chi connectivity index (χ1) is 7.84. The van der Waals surface area contributed by atoms with Crippen molar-refractivity contribution in [2.24, 2.45) is 0 Å². The third-order valence-corrected chi connectivity index (χ3v) is 2.89. The van der Waals surface area contributed by atoms with Gasteiger partial charge in [0.1, 0.15) is 0 Å². The number of nitrogens with zero attached hydrogens (tertiary/aromatic N) is 1. The van der Waals surface area contributed by atoms with Crippen LogP contribution in [-0.2, 0) is 11.2 Å². The molecule has 2 rings (SSSR count). The Balaban J connectivity index is 1.83. The average molecular weight is 218 g/mol. The molecule has 1 fully saturated rings. The Morgan fingerprint density at radius 2 is 2.06 bits per heavy atom. The predicted octanol–water partition coefficient (Wildman–Crippen LogP) is 0.703. The van der Waals surface area contributed by atoms with Crippen molar-refractivity contribution in [2.45, 2.75) is 6.42 Å². The summed E-state index contributed by atoms with van der Waals surface area (Å²) in [7, 11) is 0. The van der Waals surface area contributed by atoms with E-state index in [0.29, 0.717) is 18.9 Å². The minimum absolute atomic E-state index is 0.297. The van der Waals surface area contributed by atoms with Crippen LogP contribution < -0.4 is 5.32 Å². The molecule has 0 saturated carbocycles. The fraction of sp³-hybridized carbons (Fsp3) is 0.462. The molecule has 3 heteroatoms. The minimum Gasteiger partial charge on any atom is -0.309 e. The maximum absolute atomic E-state index is 11.4. The van der Waals surface area contributed by atoms with Crippen LogP contribution in [0.3, 0.4) is 0 Å². The van der Waals surface area contributed by atoms with Gasteiger partial charge in [-0.2, -0.15) is 0 Å². The van der Waals surface area contributed by atoms with Crippen molar-refractivity contribution in [3.8, 4) is 0 Å². The molecule has 86 valence electrons. The van der Waals surface area contributed by atoms with Gasteiger partial charge >= 0.3 is 0 Å². The lowest BCUT2D eigenvalue weighted by Gasteiger charge is -2.18. The lowest BCUT2D eigenvalue weighted by Crippen LogP contribution is -2.32. The highest BCUT2D eigenvalue weighted by Gasteiger charge is 2.13. The SMILES string of the molecule is O=C1CNCCN(CCc2ccccc2)C1. The van der Waals surface area contributed by atoms with E-state index in [4.69, 9.17) is 0 Å². The number of benzene rings is 1. The number of hydrogen-bond acceptors (Lipinski definition) is 3. The molecule has 1 aromatic rings. The molecule has 1 aromatic carbocycles. The Bertz CT molecular complexity index is 337. The standard InChI is InChI=1S/C13H18N2O/c16-13-10-14-7-9-15(11-13)8-6-12-4-2-1-3-5-12/h1-5,14H,6-11H2. The molecule has 1 saturated heterocycles. The van der Waals surface area contributed by atoms with Crippen LogP contribution in [0.25, 0.3) is 0 Å². The van der Waals surface area contributed by atoms with E-state index in [2.05, 4.69) is 34.5 Å². The summed E-state index contributed by atoms with van der Waals surface area (Å²) in [4.78, 5) is 13.6. The molecule has 0 spiro atoms. The van der Waals surface area contributed by atoms with Gasteiger partial charge in [-0.05, 0) is 12.0 Å². The van der Waals surface area contributed by atoms with E-state index in [1.54, 1.807) is 0 Å². The molecule has 0 unspecified atom stereocenters. The fourth-order valence-corrected chi connectivity index (χ4v) is 1.97. The minimum atomic E-state index is 0.297. The molecule has 16 heavy (non-hydrogen) atoms. The van der Waals surface area contributed by atoms with Gasteiger partial charge in [-0.3, -0.25) is 9.69 Å². The summed E-state index contributed by atoms with van der Waals surface area (Å²) >= 11 is 0. The van der Waals surface area contributed by atoms with E-state index in [-0.39, 0.29) is 0 Å². The van der Waals surface area contributed by atoms with Gasteiger partial charge < -0.3 is 5.32 Å². The van der Waals surface area contributed by atoms with Crippen LogP contribution in [0.5, 0.6) is 0 Å². The largest absolute Gasteiger partial charge is 0.309 e. The van der Waals surface area contributed by atoms with Crippen molar-refractivity contribution in [1.82, 2.24) is 10.2 Å². The predicted molar refractivity (Wildman–Crippen MR) is 64.5 cm³/mol. The average Bonchev–Trinajstić information content (AvgIpc) is 2.52. The molecule has 1 heterocycles. The number of rotatable bonds is 3. The quantitative estimate of drug-likeness (QED) is 0.810. The lowest BCUT2D eigenvalue weighted by molar-refractivity contribution is -0.118. The van der Waals surface area contributed by atoms with Crippen LogP contribution >= 0.6 is 0 Å². The second kappa shape index (κ2) is 5.77. The summed E-state index contributed by atoms with van der Waals surface area (Å²) in [5.74, 6) is 0.297. The summed E-state index contributed by atoms with van der Waals surface area (Å²) in [5.41, 5.74) is 1.34. The van der Waals surface area contributed by atoms with E-state index in [1.807, 2.05) is 6.07 Å². The van der Waals surface area contributed by atoms with E-state index >= 15 is 0 Å². The Kier molecular flexibility index (Phi) is 4.08. The Morgan fingerprint density at radius 1 is 1.25 bits per heavy atom. The van der Waals surface area contributed by atoms with Gasteiger partial charge in [-0.1, -0.05) is 30.3 Å². The maximum atomic E-state index is 11.4. The van der Waals surface area contributed by atoms with Crippen molar-refractivity contribution >= 4 is 5.78 Å². The van der Waals surface area contributed by atoms with Crippen LogP contribution in [0.1, 0.15) is 5.56 Å². The highest BCUT2D eigenvalue weighted by atomic mass is 16.1. The zero-order valence-corrected chi connectivity index (χ0v) is 9.48. The van der Waals surface area contributed by atoms with Gasteiger partial charge in [0.25, 0.3) is 0 Å². The van der Waals surface area contributed by atoms with Crippen molar-refractivity contribution in [1.29, 1.82) is 0 Å². The molecular weight excluding hydrogens is 200 g/mol. The number of ketones is 1. The van der Waals surface area contributed by atoms with Crippen molar-refractivity contribution < 1.29 is 4.79 Å². The molecule has 1 N–H and O–H groups in total. The highest BCUT2D eigenvalue weighted by Crippen LogP contribution is 2.02. The number of hydrogen-bond donors (Lipinski definition) is 1. The zero-order valence-electron chi connectivity index (χ0n) is 9.48. The van der Waals surface area contributed by atoms with Crippen LogP contribution in [0.4, 0.5) is 0 Å². The third-order valence-electron chi connectivity index (χ3n) is 2.89. The van der Waals surface area contributed by atoms with Gasteiger partial charge in [0.15, 0.2) is 5.78 Å². The van der Waals surface area contributed by atoms with Gasteiger partial charge in [-0.15, -0.1) is 0 Å². The molecular formula is C13H18N2O. The van der Waals surface area contributed by atoms with Gasteiger partial charge in [0.05, 0.1) is 13.1 Å². The molecule has 1 aliphatic heterocycles. The third kappa shape index (κ3) is 3.43. The Morgan fingerprint density at radius 3 is 2.88 bits per heavy atom. The summed E-state index contributed by atoms with van der Waals surface area (Å²) in [6.07, 6.45) is 1.02. The van der Waals surface area contributed by atoms with Crippen LogP contribution in [0.15, 0.2) is 30.3 Å². The summed E-state index contributed by atoms with van der Waals surface area (Å²) < 4.78 is 0. The number of carbonyl (C=O) groups excluding carboxylic acids is 1. The second-order valence-corrected chi connectivity index (χ2v) is 4.23. The molecule has 1 aliphatic rings. The normalized spacial score (nSPS) is 18.4. The van der Waals surface area contributed by atoms with Crippen LogP contribution in [0.2, 0.25) is 0 Å². The molecule has 3 nitrogen and oxygen atoms in total. The van der Waals surface area contributed by atoms with Crippen molar-refractivity contribution in [3.63, 3.8) is 0 Å². The van der Waals surface area contributed by atoms with E-state index in [9.17, 15) is 4.79 Å². The van der Waals surface area contributed by atoms with E-state index in [1.165, 1.54) is 5.56 Å². The summed E-state index contributed by atoms with van der Waals surface area (Å²) in [5, 5.41) is 3.13. The topological polar surface area (TPSA) is 32.3 Å². The first kappa shape index (κ1) is 11.3. The van der Waals surface area contributed by atoms with E-state index in [0.717, 1.165) is 26.1 Å². The van der Waals surface area contributed by atoms with Crippen molar-refractivity contribution in [3.05, 3.63) is 35.9 Å². The number of nitrogens with one attached hydrogen (secondary N) is 1. The fourth-order valence-electron chi connectivity index (χ4n) is 1.97. The maximum Gasteiger partial charge on any atom is 0.160 e. The Hall–Kier alpha value is -1.19. The molecule has 0 amide bonds. The van der Waals surface area contributed by atoms with Gasteiger partial charge in [0.2, 0.25) is 0 Å². The van der Waals surface area contributed by atoms with Gasteiger partial charge in [0, 0.05) is 19.6 Å². The molecule has 0 aromatic heterocycles. The molecule has 0 atom stereocenters. The lowest BCUT2D eigenvalue weighted by atomic mass is 10.1. The van der Waals surface area contributed by atoms with Crippen LogP contribution in [-0.4, -0.2) is 43.4 Å². The zero-order chi connectivity index (χ0) is 11.2. The summed E-state index contributed by atoms with van der Waals surface area (Å²) in [6, 6.07) is 10.4. The second-order valence-electron chi connectivity index (χ2n) is 4.23.